The van der Waals surface area contributed by atoms with E-state index in [4.69, 9.17) is 13.9 Å². The van der Waals surface area contributed by atoms with Gasteiger partial charge in [-0.2, -0.15) is 0 Å². The van der Waals surface area contributed by atoms with Crippen molar-refractivity contribution in [3.8, 4) is 0 Å². The topological polar surface area (TPSA) is 94.8 Å². The van der Waals surface area contributed by atoms with E-state index < -0.39 is 24.5 Å². The summed E-state index contributed by atoms with van der Waals surface area (Å²) in [5.41, 5.74) is 1.38. The average molecular weight is 405 g/mol. The first kappa shape index (κ1) is 20.1. The Kier molecular flexibility index (Phi) is 6.51. The first-order valence-corrected chi connectivity index (χ1v) is 10.00. The smallest absolute Gasteiger partial charge is 0.341 e. The highest BCUT2D eigenvalue weighted by Gasteiger charge is 2.29. The summed E-state index contributed by atoms with van der Waals surface area (Å²) in [4.78, 5) is 37.4. The summed E-state index contributed by atoms with van der Waals surface area (Å²) >= 11 is 1.39. The van der Waals surface area contributed by atoms with E-state index in [1.807, 2.05) is 0 Å². The zero-order chi connectivity index (χ0) is 20.1. The third-order valence-corrected chi connectivity index (χ3v) is 5.84. The van der Waals surface area contributed by atoms with Crippen molar-refractivity contribution in [1.82, 2.24) is 0 Å². The van der Waals surface area contributed by atoms with Crippen molar-refractivity contribution >= 4 is 34.2 Å². The third kappa shape index (κ3) is 4.81. The Labute approximate surface area is 167 Å². The highest BCUT2D eigenvalue weighted by Crippen LogP contribution is 2.40. The van der Waals surface area contributed by atoms with Crippen LogP contribution >= 0.6 is 11.3 Å². The maximum absolute atomic E-state index is 12.2. The van der Waals surface area contributed by atoms with E-state index in [2.05, 4.69) is 12.2 Å². The van der Waals surface area contributed by atoms with Gasteiger partial charge in [0, 0.05) is 11.3 Å². The molecule has 0 aromatic carbocycles. The van der Waals surface area contributed by atoms with Crippen LogP contribution in [0.3, 0.4) is 0 Å². The lowest BCUT2D eigenvalue weighted by molar-refractivity contribution is -0.147. The molecule has 0 bridgehead atoms. The van der Waals surface area contributed by atoms with E-state index >= 15 is 0 Å². The second-order valence-corrected chi connectivity index (χ2v) is 7.94. The summed E-state index contributed by atoms with van der Waals surface area (Å²) in [5.74, 6) is -0.210. The Bertz CT molecular complexity index is 854. The molecule has 150 valence electrons. The van der Waals surface area contributed by atoms with E-state index in [-0.39, 0.29) is 6.42 Å². The zero-order valence-corrected chi connectivity index (χ0v) is 16.7. The first-order chi connectivity index (χ1) is 13.5. The number of rotatable bonds is 7. The number of carbonyl (C=O) groups excluding carboxylic acids is 3. The number of methoxy groups -OCH3 is 1. The van der Waals surface area contributed by atoms with Crippen LogP contribution in [-0.2, 0) is 38.3 Å². The second kappa shape index (κ2) is 9.05. The van der Waals surface area contributed by atoms with E-state index in [9.17, 15) is 14.4 Å². The Morgan fingerprint density at radius 3 is 2.89 bits per heavy atom. The van der Waals surface area contributed by atoms with Gasteiger partial charge in [-0.25, -0.2) is 4.79 Å². The van der Waals surface area contributed by atoms with E-state index in [0.29, 0.717) is 28.7 Å². The van der Waals surface area contributed by atoms with Crippen LogP contribution < -0.4 is 5.32 Å². The van der Waals surface area contributed by atoms with Crippen LogP contribution in [0.15, 0.2) is 22.8 Å². The predicted octanol–water partition coefficient (Wildman–Crippen LogP) is 3.37. The van der Waals surface area contributed by atoms with Gasteiger partial charge >= 0.3 is 11.9 Å². The molecule has 0 fully saturated rings. The number of esters is 2. The molecule has 1 aliphatic rings. The van der Waals surface area contributed by atoms with Crippen LogP contribution in [0.25, 0.3) is 0 Å². The van der Waals surface area contributed by atoms with Gasteiger partial charge in [-0.1, -0.05) is 6.92 Å². The number of furan rings is 1. The van der Waals surface area contributed by atoms with Gasteiger partial charge in [-0.3, -0.25) is 9.59 Å². The van der Waals surface area contributed by atoms with Crippen molar-refractivity contribution in [3.63, 3.8) is 0 Å². The quantitative estimate of drug-likeness (QED) is 0.710. The minimum atomic E-state index is -0.487. The summed E-state index contributed by atoms with van der Waals surface area (Å²) in [6.07, 6.45) is 4.73. The van der Waals surface area contributed by atoms with Crippen molar-refractivity contribution in [2.45, 2.75) is 39.0 Å². The van der Waals surface area contributed by atoms with Crippen LogP contribution in [0.5, 0.6) is 0 Å². The molecule has 0 saturated carbocycles. The number of ether oxygens (including phenoxy) is 2. The molecule has 28 heavy (non-hydrogen) atoms. The second-order valence-electron chi connectivity index (χ2n) is 6.84. The molecular weight excluding hydrogens is 382 g/mol. The van der Waals surface area contributed by atoms with Gasteiger partial charge in [-0.05, 0) is 42.9 Å². The molecule has 0 saturated heterocycles. The fourth-order valence-corrected chi connectivity index (χ4v) is 4.63. The lowest BCUT2D eigenvalue weighted by Gasteiger charge is -2.18. The molecule has 1 aliphatic carbocycles. The maximum Gasteiger partial charge on any atom is 0.341 e. The number of anilines is 1. The number of hydrogen-bond donors (Lipinski definition) is 1. The summed E-state index contributed by atoms with van der Waals surface area (Å²) in [7, 11) is 1.32. The van der Waals surface area contributed by atoms with Gasteiger partial charge < -0.3 is 19.2 Å². The standard InChI is InChI=1S/C20H23NO6S/c1-12-5-7-14-15(10-12)28-19(18(14)20(24)25-2)21-16(22)11-27-17(23)8-6-13-4-3-9-26-13/h3-4,9,12H,5-8,10-11H2,1-2H3,(H,21,22)/t12-/m1/s1. The van der Waals surface area contributed by atoms with E-state index in [1.165, 1.54) is 24.7 Å². The minimum absolute atomic E-state index is 0.124. The number of hydrogen-bond acceptors (Lipinski definition) is 7. The van der Waals surface area contributed by atoms with Gasteiger partial charge in [-0.15, -0.1) is 11.3 Å². The van der Waals surface area contributed by atoms with Crippen molar-refractivity contribution < 1.29 is 28.3 Å². The molecule has 0 radical (unpaired) electrons. The van der Waals surface area contributed by atoms with E-state index in [1.54, 1.807) is 12.1 Å². The lowest BCUT2D eigenvalue weighted by atomic mass is 9.88. The summed E-state index contributed by atoms with van der Waals surface area (Å²) < 4.78 is 15.1. The lowest BCUT2D eigenvalue weighted by Crippen LogP contribution is -2.22. The van der Waals surface area contributed by atoms with E-state index in [0.717, 1.165) is 29.7 Å². The highest BCUT2D eigenvalue weighted by atomic mass is 32.1. The molecule has 0 spiro atoms. The molecule has 0 unspecified atom stereocenters. The molecule has 2 aromatic heterocycles. The Balaban J connectivity index is 1.58. The van der Waals surface area contributed by atoms with Crippen LogP contribution in [0.4, 0.5) is 5.00 Å². The number of thiophene rings is 1. The molecule has 2 heterocycles. The molecule has 3 rings (SSSR count). The van der Waals surface area contributed by atoms with Crippen molar-refractivity contribution in [3.05, 3.63) is 40.2 Å². The van der Waals surface area contributed by atoms with Gasteiger partial charge in [0.05, 0.1) is 25.4 Å². The Morgan fingerprint density at radius 1 is 1.36 bits per heavy atom. The van der Waals surface area contributed by atoms with Crippen LogP contribution in [-0.4, -0.2) is 31.6 Å². The molecule has 8 heteroatoms. The number of carbonyl (C=O) groups is 3. The van der Waals surface area contributed by atoms with Crippen molar-refractivity contribution in [1.29, 1.82) is 0 Å². The van der Waals surface area contributed by atoms with Crippen LogP contribution in [0.1, 0.15) is 46.3 Å². The molecule has 0 aliphatic heterocycles. The molecule has 1 amide bonds. The Hall–Kier alpha value is -2.61. The van der Waals surface area contributed by atoms with Gasteiger partial charge in [0.2, 0.25) is 0 Å². The van der Waals surface area contributed by atoms with Crippen molar-refractivity contribution in [2.75, 3.05) is 19.0 Å². The van der Waals surface area contributed by atoms with Gasteiger partial charge in [0.1, 0.15) is 10.8 Å². The normalized spacial score (nSPS) is 15.6. The number of amides is 1. The molecule has 1 N–H and O–H groups in total. The predicted molar refractivity (Wildman–Crippen MR) is 103 cm³/mol. The van der Waals surface area contributed by atoms with Gasteiger partial charge in [0.25, 0.3) is 5.91 Å². The van der Waals surface area contributed by atoms with Crippen LogP contribution in [0, 0.1) is 5.92 Å². The minimum Gasteiger partial charge on any atom is -0.469 e. The molecule has 1 atom stereocenters. The largest absolute Gasteiger partial charge is 0.469 e. The first-order valence-electron chi connectivity index (χ1n) is 9.18. The maximum atomic E-state index is 12.2. The SMILES string of the molecule is COC(=O)c1c(NC(=O)COC(=O)CCc2ccco2)sc2c1CC[C@@H](C)C2. The fourth-order valence-electron chi connectivity index (χ4n) is 3.22. The molecular formula is C20H23NO6S. The van der Waals surface area contributed by atoms with Crippen molar-refractivity contribution in [2.24, 2.45) is 5.92 Å². The number of fused-ring (bicyclic) bond motifs is 1. The molecule has 2 aromatic rings. The third-order valence-electron chi connectivity index (χ3n) is 4.67. The average Bonchev–Trinajstić information content (AvgIpc) is 3.31. The highest BCUT2D eigenvalue weighted by molar-refractivity contribution is 7.17. The van der Waals surface area contributed by atoms with Gasteiger partial charge in [0.15, 0.2) is 6.61 Å². The zero-order valence-electron chi connectivity index (χ0n) is 15.9. The molecule has 7 nitrogen and oxygen atoms in total. The monoisotopic (exact) mass is 405 g/mol. The number of nitrogens with one attached hydrogen (secondary N) is 1. The fraction of sp³-hybridized carbons (Fsp3) is 0.450. The number of aryl methyl sites for hydroxylation is 1. The summed E-state index contributed by atoms with van der Waals surface area (Å²) in [6.45, 7) is 1.76. The van der Waals surface area contributed by atoms with Crippen LogP contribution in [0.2, 0.25) is 0 Å². The summed E-state index contributed by atoms with van der Waals surface area (Å²) in [5, 5.41) is 3.17. The summed E-state index contributed by atoms with van der Waals surface area (Å²) in [6, 6.07) is 3.52. The Morgan fingerprint density at radius 2 is 2.18 bits per heavy atom.